The van der Waals surface area contributed by atoms with Crippen LogP contribution in [0.2, 0.25) is 0 Å². The van der Waals surface area contributed by atoms with Crippen molar-refractivity contribution >= 4 is 20.8 Å². The number of rotatable bonds is 2. The molecule has 64 valence electrons. The van der Waals surface area contributed by atoms with Gasteiger partial charge < -0.3 is 0 Å². The average molecular weight is 234 g/mol. The van der Waals surface area contributed by atoms with Gasteiger partial charge in [-0.1, -0.05) is 0 Å². The molecule has 0 fully saturated rings. The minimum absolute atomic E-state index is 0. The molecule has 2 N–H and O–H groups in total. The molecule has 0 spiro atoms. The van der Waals surface area contributed by atoms with Gasteiger partial charge in [0.1, 0.15) is 0 Å². The van der Waals surface area contributed by atoms with Gasteiger partial charge in [-0.3, -0.25) is 9.11 Å². The molecule has 0 aromatic carbocycles. The monoisotopic (exact) mass is 234 g/mol. The molecule has 0 saturated heterocycles. The molecule has 0 aliphatic heterocycles. The van der Waals surface area contributed by atoms with E-state index in [1.54, 1.807) is 0 Å². The van der Waals surface area contributed by atoms with Crippen LogP contribution in [0, 0.1) is 0 Å². The summed E-state index contributed by atoms with van der Waals surface area (Å²) in [5.41, 5.74) is 0. The maximum absolute atomic E-state index is 9.44. The Bertz CT molecular complexity index is 237. The van der Waals surface area contributed by atoms with Crippen LogP contribution in [0.15, 0.2) is 0 Å². The van der Waals surface area contributed by atoms with Gasteiger partial charge >= 0.3 is 20.8 Å². The van der Waals surface area contributed by atoms with Crippen molar-refractivity contribution < 1.29 is 46.6 Å². The first-order chi connectivity index (χ1) is 3.71. The Hall–Kier alpha value is 0.299. The van der Waals surface area contributed by atoms with Crippen LogP contribution in [0.5, 0.6) is 0 Å². The summed E-state index contributed by atoms with van der Waals surface area (Å²) in [6.45, 7) is 0. The summed E-state index contributed by atoms with van der Waals surface area (Å²) in [4.78, 5) is 0. The quantitative estimate of drug-likeness (QED) is 0.445. The third-order valence-electron chi connectivity index (χ3n) is 0.172. The molecule has 0 aliphatic rings. The van der Waals surface area contributed by atoms with Crippen LogP contribution in [0.1, 0.15) is 0 Å². The van der Waals surface area contributed by atoms with Crippen molar-refractivity contribution in [1.82, 2.24) is 0 Å². The van der Waals surface area contributed by atoms with Gasteiger partial charge in [0.25, 0.3) is 0 Å². The molecule has 0 aromatic heterocycles. The summed E-state index contributed by atoms with van der Waals surface area (Å²) in [6, 6.07) is 0. The van der Waals surface area contributed by atoms with E-state index in [1.165, 1.54) is 0 Å². The molecule has 10 heteroatoms. The van der Waals surface area contributed by atoms with E-state index in [0.717, 1.165) is 0 Å². The van der Waals surface area contributed by atoms with Crippen LogP contribution >= 0.6 is 0 Å². The van der Waals surface area contributed by atoms with Crippen LogP contribution in [0.4, 0.5) is 0 Å². The molecule has 0 saturated carbocycles. The first-order valence-electron chi connectivity index (χ1n) is 1.37. The Balaban J connectivity index is 0. The van der Waals surface area contributed by atoms with E-state index in [2.05, 4.69) is 3.63 Å². The second kappa shape index (κ2) is 3.62. The molecule has 0 unspecified atom stereocenters. The fourth-order valence-electron chi connectivity index (χ4n) is 0.109. The smallest absolute Gasteiger partial charge is 0.263 e. The summed E-state index contributed by atoms with van der Waals surface area (Å²) in [5.74, 6) is 0. The van der Waals surface area contributed by atoms with Crippen LogP contribution in [0.25, 0.3) is 0 Å². The van der Waals surface area contributed by atoms with Gasteiger partial charge in [0.2, 0.25) is 0 Å². The third kappa shape index (κ3) is 11.1. The molecule has 0 aromatic rings. The van der Waals surface area contributed by atoms with Crippen LogP contribution in [-0.4, -0.2) is 25.9 Å². The SMILES string of the molecule is O=S(=O)(O)OS(=O)(=O)O.[Fe]. The number of hydrogen-bond acceptors (Lipinski definition) is 5. The van der Waals surface area contributed by atoms with Gasteiger partial charge in [0.15, 0.2) is 0 Å². The zero-order valence-corrected chi connectivity index (χ0v) is 6.84. The van der Waals surface area contributed by atoms with Crippen molar-refractivity contribution in [2.75, 3.05) is 0 Å². The molecule has 10 heavy (non-hydrogen) atoms. The van der Waals surface area contributed by atoms with Gasteiger partial charge in [-0.2, -0.15) is 16.8 Å². The molecular weight excluding hydrogens is 232 g/mol. The Morgan fingerprint density at radius 1 is 0.900 bits per heavy atom. The molecule has 0 atom stereocenters. The summed E-state index contributed by atoms with van der Waals surface area (Å²) >= 11 is 0. The topological polar surface area (TPSA) is 118 Å². The zero-order valence-electron chi connectivity index (χ0n) is 4.11. The van der Waals surface area contributed by atoms with E-state index in [1.807, 2.05) is 0 Å². The Morgan fingerprint density at radius 2 is 1.10 bits per heavy atom. The second-order valence-corrected chi connectivity index (χ2v) is 3.18. The molecule has 7 nitrogen and oxygen atoms in total. The van der Waals surface area contributed by atoms with Gasteiger partial charge in [-0.15, -0.1) is 3.63 Å². The van der Waals surface area contributed by atoms with E-state index in [0.29, 0.717) is 0 Å². The number of hydrogen-bond donors (Lipinski definition) is 2. The van der Waals surface area contributed by atoms with E-state index in [4.69, 9.17) is 9.11 Å². The third-order valence-corrected chi connectivity index (χ3v) is 1.55. The van der Waals surface area contributed by atoms with E-state index < -0.39 is 20.8 Å². The van der Waals surface area contributed by atoms with Gasteiger partial charge in [0.05, 0.1) is 0 Å². The summed E-state index contributed by atoms with van der Waals surface area (Å²) < 4.78 is 55.6. The van der Waals surface area contributed by atoms with Crippen molar-refractivity contribution in [2.24, 2.45) is 0 Å². The Morgan fingerprint density at radius 3 is 1.10 bits per heavy atom. The normalized spacial score (nSPS) is 12.2. The van der Waals surface area contributed by atoms with Crippen LogP contribution in [-0.2, 0) is 41.5 Å². The molecule has 0 aliphatic carbocycles. The average Bonchev–Trinajstić information content (AvgIpc) is 1.14. The molecule has 0 radical (unpaired) electrons. The first kappa shape index (κ1) is 12.9. The summed E-state index contributed by atoms with van der Waals surface area (Å²) in [5, 5.41) is 0. The van der Waals surface area contributed by atoms with Crippen LogP contribution in [0.3, 0.4) is 0 Å². The summed E-state index contributed by atoms with van der Waals surface area (Å²) in [7, 11) is -10.2. The van der Waals surface area contributed by atoms with Gasteiger partial charge in [0, 0.05) is 17.1 Å². The maximum atomic E-state index is 9.44. The fraction of sp³-hybridized carbons (Fsp3) is 0. The zero-order chi connectivity index (χ0) is 7.71. The second-order valence-electron chi connectivity index (χ2n) is 0.924. The van der Waals surface area contributed by atoms with Crippen molar-refractivity contribution in [3.05, 3.63) is 0 Å². The van der Waals surface area contributed by atoms with Crippen molar-refractivity contribution in [3.63, 3.8) is 0 Å². The fourth-order valence-corrected chi connectivity index (χ4v) is 0.978. The minimum Gasteiger partial charge on any atom is -0.263 e. The molecule has 0 amide bonds. The predicted molar refractivity (Wildman–Crippen MR) is 24.2 cm³/mol. The van der Waals surface area contributed by atoms with Crippen LogP contribution < -0.4 is 0 Å². The Kier molecular flexibility index (Phi) is 4.68. The van der Waals surface area contributed by atoms with E-state index in [-0.39, 0.29) is 17.1 Å². The minimum atomic E-state index is -5.12. The van der Waals surface area contributed by atoms with Gasteiger partial charge in [-0.05, 0) is 0 Å². The standard InChI is InChI=1S/Fe.H2O7S2/c;1-8(2,3)7-9(4,5)6/h;(H,1,2,3)(H,4,5,6). The molecule has 0 heterocycles. The maximum Gasteiger partial charge on any atom is 0.413 e. The van der Waals surface area contributed by atoms with E-state index in [9.17, 15) is 16.8 Å². The molecule has 0 rings (SSSR count). The summed E-state index contributed by atoms with van der Waals surface area (Å²) in [6.07, 6.45) is 0. The van der Waals surface area contributed by atoms with Gasteiger partial charge in [-0.25, -0.2) is 0 Å². The molecular formula is H2FeO7S2. The largest absolute Gasteiger partial charge is 0.413 e. The van der Waals surface area contributed by atoms with E-state index >= 15 is 0 Å². The van der Waals surface area contributed by atoms with Crippen molar-refractivity contribution in [1.29, 1.82) is 0 Å². The van der Waals surface area contributed by atoms with Crippen molar-refractivity contribution in [3.8, 4) is 0 Å². The Labute approximate surface area is 67.8 Å². The predicted octanol–water partition coefficient (Wildman–Crippen LogP) is -1.39. The molecule has 0 bridgehead atoms. The van der Waals surface area contributed by atoms with Crippen molar-refractivity contribution in [2.45, 2.75) is 0 Å². The first-order valence-corrected chi connectivity index (χ1v) is 4.10.